The van der Waals surface area contributed by atoms with Crippen LogP contribution in [0.15, 0.2) is 97.2 Å². The lowest BCUT2D eigenvalue weighted by atomic mass is 10.1. The molecule has 0 saturated heterocycles. The summed E-state index contributed by atoms with van der Waals surface area (Å²) in [5.74, 6) is -1.52. The van der Waals surface area contributed by atoms with Gasteiger partial charge in [-0.25, -0.2) is 0 Å². The minimum atomic E-state index is -1.04. The van der Waals surface area contributed by atoms with E-state index in [2.05, 4.69) is 92.1 Å². The van der Waals surface area contributed by atoms with E-state index in [0.717, 1.165) is 77.0 Å². The van der Waals surface area contributed by atoms with Gasteiger partial charge in [0, 0.05) is 6.42 Å². The monoisotopic (exact) mass is 607 g/mol. The predicted octanol–water partition coefficient (Wildman–Crippen LogP) is 9.44. The highest BCUT2D eigenvalue weighted by molar-refractivity contribution is 5.80. The normalized spacial score (nSPS) is 13.3. The van der Waals surface area contributed by atoms with Crippen LogP contribution >= 0.6 is 0 Å². The van der Waals surface area contributed by atoms with Crippen LogP contribution in [0.4, 0.5) is 0 Å². The summed E-state index contributed by atoms with van der Waals surface area (Å²) in [5.41, 5.74) is 0. The maximum Gasteiger partial charge on any atom is 0.322 e. The second-order valence-corrected chi connectivity index (χ2v) is 10.3. The van der Waals surface area contributed by atoms with Crippen LogP contribution in [-0.4, -0.2) is 35.6 Å². The third kappa shape index (κ3) is 31.3. The largest absolute Gasteiger partial charge is 0.480 e. The molecular formula is C38H57NO5. The molecule has 0 aromatic heterocycles. The fraction of sp³-hybridized carbons (Fsp3) is 0.500. The summed E-state index contributed by atoms with van der Waals surface area (Å²) >= 11 is 0. The van der Waals surface area contributed by atoms with Crippen molar-refractivity contribution in [2.24, 2.45) is 0 Å². The summed E-state index contributed by atoms with van der Waals surface area (Å²) < 4.78 is 5.76. The number of carbonyl (C=O) groups is 3. The van der Waals surface area contributed by atoms with Crippen LogP contribution in [0.25, 0.3) is 0 Å². The third-order valence-corrected chi connectivity index (χ3v) is 6.27. The molecule has 244 valence electrons. The Morgan fingerprint density at radius 3 is 1.57 bits per heavy atom. The molecule has 0 saturated carbocycles. The SMILES string of the molecule is CC/C=C\C/C=C\C/C=C\C/C=C\C/C=C\CC(=O)OC(/C=C\C/C=C\C/C=C\CC)CCCCCCC(=O)NCC(=O)O. The first kappa shape index (κ1) is 40.3. The van der Waals surface area contributed by atoms with Crippen molar-refractivity contribution in [3.05, 3.63) is 97.2 Å². The summed E-state index contributed by atoms with van der Waals surface area (Å²) in [4.78, 5) is 34.7. The average molecular weight is 608 g/mol. The van der Waals surface area contributed by atoms with Gasteiger partial charge in [-0.1, -0.05) is 118 Å². The summed E-state index contributed by atoms with van der Waals surface area (Å²) in [7, 11) is 0. The number of unbranched alkanes of at least 4 members (excludes halogenated alkanes) is 3. The van der Waals surface area contributed by atoms with Crippen molar-refractivity contribution >= 4 is 17.8 Å². The van der Waals surface area contributed by atoms with Gasteiger partial charge in [0.15, 0.2) is 0 Å². The van der Waals surface area contributed by atoms with E-state index >= 15 is 0 Å². The quantitative estimate of drug-likeness (QED) is 0.0551. The van der Waals surface area contributed by atoms with Crippen molar-refractivity contribution < 1.29 is 24.2 Å². The number of aliphatic carboxylic acids is 1. The van der Waals surface area contributed by atoms with E-state index in [0.29, 0.717) is 12.8 Å². The summed E-state index contributed by atoms with van der Waals surface area (Å²) in [6.07, 6.45) is 45.5. The van der Waals surface area contributed by atoms with Crippen LogP contribution in [0.5, 0.6) is 0 Å². The third-order valence-electron chi connectivity index (χ3n) is 6.27. The van der Waals surface area contributed by atoms with E-state index in [9.17, 15) is 14.4 Å². The summed E-state index contributed by atoms with van der Waals surface area (Å²) in [6, 6.07) is 0. The van der Waals surface area contributed by atoms with Crippen molar-refractivity contribution in [3.63, 3.8) is 0 Å². The Labute approximate surface area is 267 Å². The first-order valence-electron chi connectivity index (χ1n) is 16.4. The molecule has 0 heterocycles. The van der Waals surface area contributed by atoms with Gasteiger partial charge in [0.05, 0.1) is 6.42 Å². The highest BCUT2D eigenvalue weighted by Crippen LogP contribution is 2.12. The Balaban J connectivity index is 4.46. The number of hydrogen-bond donors (Lipinski definition) is 2. The van der Waals surface area contributed by atoms with Gasteiger partial charge >= 0.3 is 11.9 Å². The molecular weight excluding hydrogens is 550 g/mol. The topological polar surface area (TPSA) is 92.7 Å². The Morgan fingerprint density at radius 1 is 0.614 bits per heavy atom. The van der Waals surface area contributed by atoms with Crippen LogP contribution in [0.1, 0.15) is 110 Å². The number of hydrogen-bond acceptors (Lipinski definition) is 4. The number of ether oxygens (including phenoxy) is 1. The highest BCUT2D eigenvalue weighted by Gasteiger charge is 2.10. The number of esters is 1. The number of amides is 1. The van der Waals surface area contributed by atoms with Gasteiger partial charge in [0.2, 0.25) is 5.91 Å². The van der Waals surface area contributed by atoms with Crippen LogP contribution in [0, 0.1) is 0 Å². The van der Waals surface area contributed by atoms with Crippen LogP contribution < -0.4 is 5.32 Å². The minimum Gasteiger partial charge on any atom is -0.480 e. The molecule has 1 atom stereocenters. The first-order chi connectivity index (χ1) is 21.5. The molecule has 0 spiro atoms. The molecule has 0 aromatic rings. The first-order valence-corrected chi connectivity index (χ1v) is 16.4. The standard InChI is InChI=1S/C38H57NO5/c1-3-5-7-9-11-13-14-15-16-17-18-19-21-23-29-33-38(43)44-35(30-26-22-20-12-10-8-6-4-2)31-27-24-25-28-32-36(40)39-34-37(41)42/h5-8,11-13,15-16,18-20,23,26,29-30,35H,3-4,9-10,14,17,21-22,24-25,27-28,31-34H2,1-2H3,(H,39,40)(H,41,42)/b7-5-,8-6-,13-11-,16-15-,19-18-,20-12-,29-23-,30-26-. The van der Waals surface area contributed by atoms with Crippen molar-refractivity contribution in [2.75, 3.05) is 6.54 Å². The van der Waals surface area contributed by atoms with Gasteiger partial charge in [0.1, 0.15) is 12.6 Å². The van der Waals surface area contributed by atoms with Crippen molar-refractivity contribution in [1.82, 2.24) is 5.32 Å². The van der Waals surface area contributed by atoms with Gasteiger partial charge in [-0.05, 0) is 76.7 Å². The van der Waals surface area contributed by atoms with E-state index in [1.807, 2.05) is 24.3 Å². The zero-order valence-corrected chi connectivity index (χ0v) is 27.2. The Kier molecular flexibility index (Phi) is 29.6. The number of carbonyl (C=O) groups excluding carboxylic acids is 2. The lowest BCUT2D eigenvalue weighted by molar-refractivity contribution is -0.146. The maximum absolute atomic E-state index is 12.5. The fourth-order valence-electron chi connectivity index (χ4n) is 3.93. The summed E-state index contributed by atoms with van der Waals surface area (Å²) in [5, 5.41) is 11.0. The van der Waals surface area contributed by atoms with E-state index in [1.165, 1.54) is 0 Å². The van der Waals surface area contributed by atoms with Crippen LogP contribution in [0.3, 0.4) is 0 Å². The van der Waals surface area contributed by atoms with Gasteiger partial charge in [-0.15, -0.1) is 0 Å². The van der Waals surface area contributed by atoms with Crippen molar-refractivity contribution in [3.8, 4) is 0 Å². The average Bonchev–Trinajstić information content (AvgIpc) is 3.00. The molecule has 0 aliphatic rings. The van der Waals surface area contributed by atoms with Crippen LogP contribution in [0.2, 0.25) is 0 Å². The van der Waals surface area contributed by atoms with E-state index in [1.54, 1.807) is 0 Å². The molecule has 44 heavy (non-hydrogen) atoms. The summed E-state index contributed by atoms with van der Waals surface area (Å²) in [6.45, 7) is 3.91. The molecule has 6 nitrogen and oxygen atoms in total. The molecule has 6 heteroatoms. The molecule has 1 unspecified atom stereocenters. The van der Waals surface area contributed by atoms with E-state index in [4.69, 9.17) is 9.84 Å². The fourth-order valence-corrected chi connectivity index (χ4v) is 3.93. The van der Waals surface area contributed by atoms with Gasteiger partial charge in [-0.3, -0.25) is 14.4 Å². The molecule has 0 aromatic carbocycles. The van der Waals surface area contributed by atoms with E-state index in [-0.39, 0.29) is 30.9 Å². The molecule has 0 bridgehead atoms. The Bertz CT molecular complexity index is 981. The molecule has 0 rings (SSSR count). The van der Waals surface area contributed by atoms with E-state index < -0.39 is 5.97 Å². The van der Waals surface area contributed by atoms with Crippen LogP contribution in [-0.2, 0) is 19.1 Å². The second-order valence-electron chi connectivity index (χ2n) is 10.3. The number of carboxylic acid groups (broad SMARTS) is 1. The Hall–Kier alpha value is -3.67. The lowest BCUT2D eigenvalue weighted by Crippen LogP contribution is -2.28. The second kappa shape index (κ2) is 32.2. The number of allylic oxidation sites excluding steroid dienone is 14. The van der Waals surface area contributed by atoms with Gasteiger partial charge < -0.3 is 15.2 Å². The number of carboxylic acids is 1. The molecule has 0 fully saturated rings. The smallest absolute Gasteiger partial charge is 0.322 e. The molecule has 2 N–H and O–H groups in total. The van der Waals surface area contributed by atoms with Gasteiger partial charge in [0.25, 0.3) is 0 Å². The zero-order chi connectivity index (χ0) is 32.4. The van der Waals surface area contributed by atoms with Crippen molar-refractivity contribution in [2.45, 2.75) is 116 Å². The lowest BCUT2D eigenvalue weighted by Gasteiger charge is -2.14. The molecule has 0 aliphatic heterocycles. The Morgan fingerprint density at radius 2 is 1.07 bits per heavy atom. The zero-order valence-electron chi connectivity index (χ0n) is 27.2. The molecule has 1 amide bonds. The highest BCUT2D eigenvalue weighted by atomic mass is 16.5. The number of rotatable bonds is 27. The molecule has 0 radical (unpaired) electrons. The predicted molar refractivity (Wildman–Crippen MR) is 184 cm³/mol. The number of nitrogens with one attached hydrogen (secondary N) is 1. The molecule has 0 aliphatic carbocycles. The minimum absolute atomic E-state index is 0.239. The van der Waals surface area contributed by atoms with Crippen molar-refractivity contribution in [1.29, 1.82) is 0 Å². The van der Waals surface area contributed by atoms with Gasteiger partial charge in [-0.2, -0.15) is 0 Å². The maximum atomic E-state index is 12.5.